The highest BCUT2D eigenvalue weighted by atomic mass is 32.1. The first kappa shape index (κ1) is 16.2. The van der Waals surface area contributed by atoms with Crippen LogP contribution in [0, 0.1) is 6.92 Å². The summed E-state index contributed by atoms with van der Waals surface area (Å²) < 4.78 is 44.0. The lowest BCUT2D eigenvalue weighted by Crippen LogP contribution is -2.69. The number of nitrogens with one attached hydrogen (secondary N) is 2. The number of aryl methyl sites for hydroxylation is 1. The van der Waals surface area contributed by atoms with E-state index in [2.05, 4.69) is 9.72 Å². The van der Waals surface area contributed by atoms with Crippen molar-refractivity contribution in [1.29, 1.82) is 0 Å². The van der Waals surface area contributed by atoms with Crippen LogP contribution in [0.25, 0.3) is 0 Å². The van der Waals surface area contributed by atoms with Gasteiger partial charge in [-0.15, -0.1) is 11.3 Å². The fourth-order valence-electron chi connectivity index (χ4n) is 1.38. The first-order valence-corrected chi connectivity index (χ1v) is 6.08. The van der Waals surface area contributed by atoms with E-state index in [1.807, 2.05) is 5.32 Å². The summed E-state index contributed by atoms with van der Waals surface area (Å²) in [7, 11) is 0.791. The quantitative estimate of drug-likeness (QED) is 0.649. The number of nitrogens with zero attached hydrogens (tertiary/aromatic N) is 1. The third-order valence-corrected chi connectivity index (χ3v) is 3.02. The van der Waals surface area contributed by atoms with Gasteiger partial charge in [-0.05, 0) is 6.92 Å². The van der Waals surface area contributed by atoms with E-state index >= 15 is 0 Å². The van der Waals surface area contributed by atoms with Gasteiger partial charge in [-0.25, -0.2) is 9.78 Å². The molecule has 0 bridgehead atoms. The highest BCUT2D eigenvalue weighted by molar-refractivity contribution is 7.15. The van der Waals surface area contributed by atoms with E-state index in [1.165, 1.54) is 6.20 Å². The van der Waals surface area contributed by atoms with Crippen LogP contribution < -0.4 is 10.6 Å². The Morgan fingerprint density at radius 2 is 2.00 bits per heavy atom. The van der Waals surface area contributed by atoms with Crippen molar-refractivity contribution in [3.8, 4) is 0 Å². The fourth-order valence-corrected chi connectivity index (χ4v) is 2.10. The van der Waals surface area contributed by atoms with Crippen molar-refractivity contribution in [1.82, 2.24) is 10.3 Å². The SMILES string of the molecule is COC(=O)[C@](NC(C)=O)(Nc1ncc(C)s1)C(F)(F)F. The van der Waals surface area contributed by atoms with E-state index in [1.54, 1.807) is 12.2 Å². The molecule has 1 amide bonds. The number of thiazole rings is 1. The van der Waals surface area contributed by atoms with E-state index in [4.69, 9.17) is 0 Å². The van der Waals surface area contributed by atoms with E-state index in [0.717, 1.165) is 25.4 Å². The number of aromatic nitrogens is 1. The maximum atomic E-state index is 13.3. The van der Waals surface area contributed by atoms with Gasteiger partial charge in [0.1, 0.15) is 0 Å². The molecule has 0 aliphatic carbocycles. The summed E-state index contributed by atoms with van der Waals surface area (Å²) in [6.45, 7) is 2.49. The summed E-state index contributed by atoms with van der Waals surface area (Å²) in [5.74, 6) is -2.73. The molecule has 0 saturated carbocycles. The summed E-state index contributed by atoms with van der Waals surface area (Å²) in [6, 6.07) is 0. The molecule has 0 unspecified atom stereocenters. The van der Waals surface area contributed by atoms with Gasteiger partial charge in [-0.2, -0.15) is 13.2 Å². The normalized spacial score (nSPS) is 14.3. The predicted molar refractivity (Wildman–Crippen MR) is 65.1 cm³/mol. The molecule has 0 aliphatic heterocycles. The molecule has 10 heteroatoms. The van der Waals surface area contributed by atoms with Crippen LogP contribution >= 0.6 is 11.3 Å². The van der Waals surface area contributed by atoms with Crippen LogP contribution in [0.3, 0.4) is 0 Å². The number of rotatable bonds is 4. The number of ether oxygens (including phenoxy) is 1. The second kappa shape index (κ2) is 5.65. The van der Waals surface area contributed by atoms with Gasteiger partial charge in [0.05, 0.1) is 7.11 Å². The Kier molecular flexibility index (Phi) is 4.58. The van der Waals surface area contributed by atoms with Gasteiger partial charge in [0.15, 0.2) is 5.13 Å². The summed E-state index contributed by atoms with van der Waals surface area (Å²) in [4.78, 5) is 27.0. The van der Waals surface area contributed by atoms with Crippen molar-refractivity contribution in [2.45, 2.75) is 25.7 Å². The van der Waals surface area contributed by atoms with Crippen LogP contribution in [0.5, 0.6) is 0 Å². The number of hydrogen-bond donors (Lipinski definition) is 2. The first-order chi connectivity index (χ1) is 9.12. The molecule has 1 aromatic heterocycles. The van der Waals surface area contributed by atoms with Gasteiger partial charge in [0.2, 0.25) is 5.91 Å². The summed E-state index contributed by atoms with van der Waals surface area (Å²) in [5.41, 5.74) is -3.38. The highest BCUT2D eigenvalue weighted by Gasteiger charge is 2.63. The standard InChI is InChI=1S/C10H12F3N3O3S/c1-5-4-14-8(20-5)16-9(7(18)19-3,10(11,12)13)15-6(2)17/h4H,1-3H3,(H,14,16)(H,15,17)/t9-/m0/s1. The zero-order valence-corrected chi connectivity index (χ0v) is 11.6. The first-order valence-electron chi connectivity index (χ1n) is 5.27. The second-order valence-corrected chi connectivity index (χ2v) is 5.06. The summed E-state index contributed by atoms with van der Waals surface area (Å²) in [6.07, 6.45) is -3.79. The van der Waals surface area contributed by atoms with Crippen molar-refractivity contribution in [3.63, 3.8) is 0 Å². The van der Waals surface area contributed by atoms with Crippen molar-refractivity contribution >= 4 is 28.3 Å². The molecule has 0 aliphatic rings. The number of carbonyl (C=O) groups excluding carboxylic acids is 2. The monoisotopic (exact) mass is 311 g/mol. The number of alkyl halides is 3. The molecule has 0 spiro atoms. The van der Waals surface area contributed by atoms with E-state index < -0.39 is 23.7 Å². The molecular formula is C10H12F3N3O3S. The van der Waals surface area contributed by atoms with Crippen LogP contribution in [-0.2, 0) is 14.3 Å². The molecule has 0 saturated heterocycles. The summed E-state index contributed by atoms with van der Waals surface area (Å²) >= 11 is 0.904. The zero-order chi connectivity index (χ0) is 15.6. The van der Waals surface area contributed by atoms with Gasteiger partial charge in [-0.1, -0.05) is 0 Å². The minimum atomic E-state index is -5.12. The lowest BCUT2D eigenvalue weighted by Gasteiger charge is -2.33. The largest absolute Gasteiger partial charge is 0.466 e. The van der Waals surface area contributed by atoms with Gasteiger partial charge >= 0.3 is 17.8 Å². The Balaban J connectivity index is 3.28. The van der Waals surface area contributed by atoms with Crippen LogP contribution in [0.1, 0.15) is 11.8 Å². The molecule has 2 N–H and O–H groups in total. The van der Waals surface area contributed by atoms with Gasteiger partial charge in [0.25, 0.3) is 0 Å². The van der Waals surface area contributed by atoms with E-state index in [-0.39, 0.29) is 5.13 Å². The molecule has 20 heavy (non-hydrogen) atoms. The lowest BCUT2D eigenvalue weighted by atomic mass is 10.1. The molecule has 1 aromatic rings. The van der Waals surface area contributed by atoms with Crippen LogP contribution in [-0.4, -0.2) is 35.8 Å². The molecule has 1 heterocycles. The number of hydrogen-bond acceptors (Lipinski definition) is 6. The number of carbonyl (C=O) groups is 2. The molecule has 0 aromatic carbocycles. The molecule has 0 radical (unpaired) electrons. The highest BCUT2D eigenvalue weighted by Crippen LogP contribution is 2.34. The molecule has 0 fully saturated rings. The van der Waals surface area contributed by atoms with Crippen molar-refractivity contribution < 1.29 is 27.5 Å². The molecule has 6 nitrogen and oxygen atoms in total. The second-order valence-electron chi connectivity index (χ2n) is 3.82. The third-order valence-electron chi connectivity index (χ3n) is 2.20. The van der Waals surface area contributed by atoms with Crippen molar-refractivity contribution in [2.75, 3.05) is 12.4 Å². The Hall–Kier alpha value is -1.84. The van der Waals surface area contributed by atoms with Gasteiger partial charge in [0, 0.05) is 18.0 Å². The summed E-state index contributed by atoms with van der Waals surface area (Å²) in [5, 5.41) is 3.30. The molecular weight excluding hydrogens is 299 g/mol. The predicted octanol–water partition coefficient (Wildman–Crippen LogP) is 1.43. The van der Waals surface area contributed by atoms with E-state index in [0.29, 0.717) is 4.88 Å². The lowest BCUT2D eigenvalue weighted by molar-refractivity contribution is -0.206. The van der Waals surface area contributed by atoms with Crippen molar-refractivity contribution in [3.05, 3.63) is 11.1 Å². The molecule has 1 rings (SSSR count). The number of anilines is 1. The Morgan fingerprint density at radius 1 is 1.40 bits per heavy atom. The van der Waals surface area contributed by atoms with Gasteiger partial charge < -0.3 is 15.4 Å². The average Bonchev–Trinajstić information content (AvgIpc) is 2.70. The Labute approximate surface area is 116 Å². The maximum absolute atomic E-state index is 13.3. The molecule has 1 atom stereocenters. The number of amides is 1. The number of methoxy groups -OCH3 is 1. The molecule has 112 valence electrons. The Morgan fingerprint density at radius 3 is 2.35 bits per heavy atom. The van der Waals surface area contributed by atoms with Gasteiger partial charge in [-0.3, -0.25) is 4.79 Å². The van der Waals surface area contributed by atoms with E-state index in [9.17, 15) is 22.8 Å². The fraction of sp³-hybridized carbons (Fsp3) is 0.500. The Bertz CT molecular complexity index is 517. The zero-order valence-electron chi connectivity index (χ0n) is 10.8. The van der Waals surface area contributed by atoms with Crippen LogP contribution in [0.2, 0.25) is 0 Å². The van der Waals surface area contributed by atoms with Crippen molar-refractivity contribution in [2.24, 2.45) is 0 Å². The number of halogens is 3. The third kappa shape index (κ3) is 3.18. The average molecular weight is 311 g/mol. The minimum Gasteiger partial charge on any atom is -0.466 e. The van der Waals surface area contributed by atoms with Crippen LogP contribution in [0.4, 0.5) is 18.3 Å². The van der Waals surface area contributed by atoms with Crippen LogP contribution in [0.15, 0.2) is 6.20 Å². The smallest absolute Gasteiger partial charge is 0.442 e. The maximum Gasteiger partial charge on any atom is 0.442 e. The topological polar surface area (TPSA) is 80.3 Å². The minimum absolute atomic E-state index is 0.168. The number of esters is 1.